The van der Waals surface area contributed by atoms with Crippen LogP contribution in [0.5, 0.6) is 23.0 Å². The molecule has 6 heteroatoms. The smallest absolute Gasteiger partial charge is 0.231 e. The molecule has 2 aliphatic rings. The first-order chi connectivity index (χ1) is 12.7. The Morgan fingerprint density at radius 3 is 1.58 bits per heavy atom. The van der Waals surface area contributed by atoms with Gasteiger partial charge in [-0.25, -0.2) is 0 Å². The van der Waals surface area contributed by atoms with E-state index < -0.39 is 0 Å². The third kappa shape index (κ3) is 4.18. The van der Waals surface area contributed by atoms with Crippen molar-refractivity contribution < 1.29 is 18.9 Å². The highest BCUT2D eigenvalue weighted by Gasteiger charge is 2.17. The molecule has 0 aliphatic carbocycles. The molecule has 4 rings (SSSR count). The summed E-state index contributed by atoms with van der Waals surface area (Å²) in [6.07, 6.45) is 2.04. The fraction of sp³-hybridized carbons (Fsp3) is 0.400. The van der Waals surface area contributed by atoms with Crippen molar-refractivity contribution in [1.29, 1.82) is 0 Å². The van der Waals surface area contributed by atoms with Crippen LogP contribution in [0.4, 0.5) is 0 Å². The van der Waals surface area contributed by atoms with Crippen molar-refractivity contribution in [3.8, 4) is 23.0 Å². The van der Waals surface area contributed by atoms with E-state index >= 15 is 0 Å². The lowest BCUT2D eigenvalue weighted by Crippen LogP contribution is -2.04. The first-order valence-corrected chi connectivity index (χ1v) is 11.0. The zero-order valence-electron chi connectivity index (χ0n) is 14.9. The molecule has 138 valence electrons. The van der Waals surface area contributed by atoms with Gasteiger partial charge >= 0.3 is 0 Å². The summed E-state index contributed by atoms with van der Waals surface area (Å²) in [5.41, 5.74) is 2.58. The van der Waals surface area contributed by atoms with Gasteiger partial charge in [-0.05, 0) is 48.2 Å². The lowest BCUT2D eigenvalue weighted by atomic mass is 10.1. The highest BCUT2D eigenvalue weighted by Crippen LogP contribution is 2.38. The molecule has 0 spiro atoms. The number of hydrogen-bond acceptors (Lipinski definition) is 6. The normalized spacial score (nSPS) is 16.5. The van der Waals surface area contributed by atoms with E-state index in [-0.39, 0.29) is 0 Å². The number of fused-ring (bicyclic) bond motifs is 2. The highest BCUT2D eigenvalue weighted by atomic mass is 33.1. The van der Waals surface area contributed by atoms with Gasteiger partial charge in [-0.2, -0.15) is 0 Å². The summed E-state index contributed by atoms with van der Waals surface area (Å²) in [5, 5.41) is 1.05. The molecule has 0 radical (unpaired) electrons. The molecular weight excluding hydrogens is 368 g/mol. The van der Waals surface area contributed by atoms with Crippen LogP contribution in [0.1, 0.15) is 25.0 Å². The number of hydrogen-bond donors (Lipinski definition) is 0. The molecule has 0 aromatic heterocycles. The third-order valence-electron chi connectivity index (χ3n) is 4.30. The molecule has 2 aromatic carbocycles. The van der Waals surface area contributed by atoms with Crippen molar-refractivity contribution in [3.05, 3.63) is 47.5 Å². The van der Waals surface area contributed by atoms with Gasteiger partial charge in [0.25, 0.3) is 0 Å². The largest absolute Gasteiger partial charge is 0.454 e. The third-order valence-corrected chi connectivity index (χ3v) is 7.71. The lowest BCUT2D eigenvalue weighted by Gasteiger charge is -2.15. The molecule has 4 nitrogen and oxygen atoms in total. The Morgan fingerprint density at radius 2 is 1.12 bits per heavy atom. The Balaban J connectivity index is 1.25. The molecule has 0 bridgehead atoms. The summed E-state index contributed by atoms with van der Waals surface area (Å²) in [7, 11) is 3.89. The maximum Gasteiger partial charge on any atom is 0.231 e. The van der Waals surface area contributed by atoms with Gasteiger partial charge in [-0.15, -0.1) is 0 Å². The van der Waals surface area contributed by atoms with Crippen molar-refractivity contribution in [3.63, 3.8) is 0 Å². The average molecular weight is 391 g/mol. The predicted molar refractivity (Wildman–Crippen MR) is 107 cm³/mol. The van der Waals surface area contributed by atoms with Crippen LogP contribution in [0.3, 0.4) is 0 Å². The fourth-order valence-corrected chi connectivity index (χ4v) is 5.50. The summed E-state index contributed by atoms with van der Waals surface area (Å²) < 4.78 is 21.7. The Morgan fingerprint density at radius 1 is 0.692 bits per heavy atom. The van der Waals surface area contributed by atoms with Crippen molar-refractivity contribution in [1.82, 2.24) is 0 Å². The van der Waals surface area contributed by atoms with Crippen LogP contribution in [0.15, 0.2) is 36.4 Å². The minimum atomic E-state index is 0.330. The SMILES string of the molecule is CC(Cc1ccc2c(c1)OCO2)SSC(C)Cc1ccc2c(c1)OCO2. The quantitative estimate of drug-likeness (QED) is 0.613. The average Bonchev–Trinajstić information content (AvgIpc) is 3.28. The van der Waals surface area contributed by atoms with Gasteiger partial charge in [0.1, 0.15) is 0 Å². The summed E-state index contributed by atoms with van der Waals surface area (Å²) in [6.45, 7) is 5.21. The second-order valence-electron chi connectivity index (χ2n) is 6.60. The van der Waals surface area contributed by atoms with Crippen LogP contribution < -0.4 is 18.9 Å². The van der Waals surface area contributed by atoms with Crippen LogP contribution >= 0.6 is 21.6 Å². The van der Waals surface area contributed by atoms with Gasteiger partial charge in [0.05, 0.1) is 0 Å². The van der Waals surface area contributed by atoms with Crippen LogP contribution in [0.25, 0.3) is 0 Å². The second kappa shape index (κ2) is 7.92. The van der Waals surface area contributed by atoms with Crippen LogP contribution in [0, 0.1) is 0 Å². The van der Waals surface area contributed by atoms with E-state index in [4.69, 9.17) is 18.9 Å². The molecule has 0 saturated heterocycles. The standard InChI is InChI=1S/C20H22O4S2/c1-13(7-15-3-5-17-19(9-15)23-11-21-17)25-26-14(2)8-16-4-6-18-20(10-16)24-12-22-18/h3-6,9-10,13-14H,7-8,11-12H2,1-2H3. The van der Waals surface area contributed by atoms with Gasteiger partial charge in [-0.1, -0.05) is 47.6 Å². The molecule has 2 unspecified atom stereocenters. The lowest BCUT2D eigenvalue weighted by molar-refractivity contribution is 0.173. The van der Waals surface area contributed by atoms with E-state index in [1.54, 1.807) is 0 Å². The minimum absolute atomic E-state index is 0.330. The van der Waals surface area contributed by atoms with E-state index in [1.165, 1.54) is 11.1 Å². The van der Waals surface area contributed by atoms with Crippen molar-refractivity contribution in [2.75, 3.05) is 13.6 Å². The maximum atomic E-state index is 5.46. The molecule has 0 fully saturated rings. The Kier molecular flexibility index (Phi) is 5.41. The Hall–Kier alpha value is -1.66. The van der Waals surface area contributed by atoms with Crippen LogP contribution in [0.2, 0.25) is 0 Å². The molecular formula is C20H22O4S2. The summed E-state index contributed by atoms with van der Waals surface area (Å²) in [4.78, 5) is 0. The molecule has 0 saturated carbocycles. The molecule has 2 heterocycles. The number of rotatable bonds is 7. The van der Waals surface area contributed by atoms with Gasteiger partial charge < -0.3 is 18.9 Å². The highest BCUT2D eigenvalue weighted by molar-refractivity contribution is 8.77. The molecule has 2 atom stereocenters. The van der Waals surface area contributed by atoms with E-state index in [1.807, 2.05) is 33.7 Å². The maximum absolute atomic E-state index is 5.46. The zero-order valence-corrected chi connectivity index (χ0v) is 16.5. The van der Waals surface area contributed by atoms with Crippen LogP contribution in [-0.4, -0.2) is 24.1 Å². The van der Waals surface area contributed by atoms with E-state index in [0.29, 0.717) is 24.1 Å². The number of benzene rings is 2. The van der Waals surface area contributed by atoms with Crippen LogP contribution in [-0.2, 0) is 12.8 Å². The summed E-state index contributed by atoms with van der Waals surface area (Å²) >= 11 is 0. The first kappa shape index (κ1) is 17.7. The fourth-order valence-electron chi connectivity index (χ4n) is 3.06. The zero-order chi connectivity index (χ0) is 17.9. The van der Waals surface area contributed by atoms with E-state index in [0.717, 1.165) is 35.8 Å². The van der Waals surface area contributed by atoms with E-state index in [2.05, 4.69) is 38.1 Å². The molecule has 2 aromatic rings. The molecule has 2 aliphatic heterocycles. The summed E-state index contributed by atoms with van der Waals surface area (Å²) in [6, 6.07) is 12.5. The van der Waals surface area contributed by atoms with Gasteiger partial charge in [0, 0.05) is 10.5 Å². The first-order valence-electron chi connectivity index (χ1n) is 8.76. The van der Waals surface area contributed by atoms with Crippen molar-refractivity contribution >= 4 is 21.6 Å². The second-order valence-corrected chi connectivity index (χ2v) is 9.75. The van der Waals surface area contributed by atoms with Gasteiger partial charge in [-0.3, -0.25) is 0 Å². The summed E-state index contributed by atoms with van der Waals surface area (Å²) in [5.74, 6) is 3.42. The molecule has 0 amide bonds. The molecule has 0 N–H and O–H groups in total. The predicted octanol–water partition coefficient (Wildman–Crippen LogP) is 5.09. The van der Waals surface area contributed by atoms with Crippen molar-refractivity contribution in [2.45, 2.75) is 37.2 Å². The monoisotopic (exact) mass is 390 g/mol. The number of ether oxygens (including phenoxy) is 4. The molecule has 26 heavy (non-hydrogen) atoms. The van der Waals surface area contributed by atoms with Crippen molar-refractivity contribution in [2.24, 2.45) is 0 Å². The Labute approximate surface area is 161 Å². The van der Waals surface area contributed by atoms with Gasteiger partial charge in [0.2, 0.25) is 13.6 Å². The van der Waals surface area contributed by atoms with Gasteiger partial charge in [0.15, 0.2) is 23.0 Å². The van der Waals surface area contributed by atoms with E-state index in [9.17, 15) is 0 Å². The minimum Gasteiger partial charge on any atom is -0.454 e. The Bertz CT molecular complexity index is 715. The topological polar surface area (TPSA) is 36.9 Å².